The van der Waals surface area contributed by atoms with E-state index in [2.05, 4.69) is 11.4 Å². The highest BCUT2D eigenvalue weighted by molar-refractivity contribution is 7.89. The van der Waals surface area contributed by atoms with Crippen molar-refractivity contribution < 1.29 is 17.9 Å². The summed E-state index contributed by atoms with van der Waals surface area (Å²) in [5, 5.41) is 3.02. The van der Waals surface area contributed by atoms with Crippen LogP contribution >= 0.6 is 0 Å². The number of hydrogen-bond donors (Lipinski definition) is 1. The molecule has 0 atom stereocenters. The maximum Gasteiger partial charge on any atom is 0.243 e. The standard InChI is InChI=1S/C25H34N2O4S/c1-17-6-7-23(31-5)22(16-17)8-11-26-25(28)21-9-12-27(13-10-21)32(29,30)24-19(3)14-18(2)15-20(24)4/h6-7,14-16,21H,8-13H2,1-5H3,(H,26,28). The molecule has 2 aromatic carbocycles. The van der Waals surface area contributed by atoms with Gasteiger partial charge in [-0.2, -0.15) is 4.31 Å². The Bertz CT molecular complexity index is 1060. The fourth-order valence-electron chi connectivity index (χ4n) is 4.63. The normalized spacial score (nSPS) is 15.5. The summed E-state index contributed by atoms with van der Waals surface area (Å²) >= 11 is 0. The van der Waals surface area contributed by atoms with E-state index in [0.717, 1.165) is 33.6 Å². The number of sulfonamides is 1. The summed E-state index contributed by atoms with van der Waals surface area (Å²) in [4.78, 5) is 13.1. The summed E-state index contributed by atoms with van der Waals surface area (Å²) in [7, 11) is -1.92. The summed E-state index contributed by atoms with van der Waals surface area (Å²) in [5.41, 5.74) is 4.82. The van der Waals surface area contributed by atoms with Crippen LogP contribution in [-0.2, 0) is 21.2 Å². The lowest BCUT2D eigenvalue weighted by molar-refractivity contribution is -0.126. The van der Waals surface area contributed by atoms with Gasteiger partial charge < -0.3 is 10.1 Å². The number of amides is 1. The number of methoxy groups -OCH3 is 1. The molecule has 7 heteroatoms. The van der Waals surface area contributed by atoms with Gasteiger partial charge in [0.1, 0.15) is 5.75 Å². The van der Waals surface area contributed by atoms with Crippen molar-refractivity contribution in [3.63, 3.8) is 0 Å². The molecule has 174 valence electrons. The van der Waals surface area contributed by atoms with E-state index in [9.17, 15) is 13.2 Å². The summed E-state index contributed by atoms with van der Waals surface area (Å²) in [6, 6.07) is 9.83. The number of ether oxygens (including phenoxy) is 1. The van der Waals surface area contributed by atoms with Crippen LogP contribution in [0.3, 0.4) is 0 Å². The van der Waals surface area contributed by atoms with Gasteiger partial charge in [0.25, 0.3) is 0 Å². The lowest BCUT2D eigenvalue weighted by Gasteiger charge is -2.31. The summed E-state index contributed by atoms with van der Waals surface area (Å²) in [6.07, 6.45) is 1.75. The van der Waals surface area contributed by atoms with Gasteiger partial charge in [0.05, 0.1) is 12.0 Å². The molecule has 0 unspecified atom stereocenters. The van der Waals surface area contributed by atoms with Crippen LogP contribution in [0.25, 0.3) is 0 Å². The molecule has 6 nitrogen and oxygen atoms in total. The Kier molecular flexibility index (Phi) is 7.62. The number of carbonyl (C=O) groups is 1. The number of nitrogens with zero attached hydrogens (tertiary/aromatic N) is 1. The van der Waals surface area contributed by atoms with Gasteiger partial charge >= 0.3 is 0 Å². The second-order valence-corrected chi connectivity index (χ2v) is 10.6. The quantitative estimate of drug-likeness (QED) is 0.687. The molecule has 1 N–H and O–H groups in total. The van der Waals surface area contributed by atoms with E-state index in [0.29, 0.717) is 43.8 Å². The minimum Gasteiger partial charge on any atom is -0.496 e. The monoisotopic (exact) mass is 458 g/mol. The molecule has 1 heterocycles. The van der Waals surface area contributed by atoms with Crippen LogP contribution in [0.5, 0.6) is 5.75 Å². The van der Waals surface area contributed by atoms with E-state index < -0.39 is 10.0 Å². The minimum atomic E-state index is -3.57. The largest absolute Gasteiger partial charge is 0.496 e. The number of piperidine rings is 1. The third-order valence-corrected chi connectivity index (χ3v) is 8.36. The molecule has 0 spiro atoms. The number of rotatable bonds is 7. The van der Waals surface area contributed by atoms with Crippen LogP contribution < -0.4 is 10.1 Å². The predicted octanol–water partition coefficient (Wildman–Crippen LogP) is 3.69. The average Bonchev–Trinajstić information content (AvgIpc) is 2.73. The van der Waals surface area contributed by atoms with Crippen LogP contribution in [0.15, 0.2) is 35.2 Å². The first-order valence-corrected chi connectivity index (χ1v) is 12.6. The Labute approximate surface area is 192 Å². The molecule has 3 rings (SSSR count). The molecule has 0 saturated carbocycles. The van der Waals surface area contributed by atoms with Gasteiger partial charge in [0.15, 0.2) is 0 Å². The third-order valence-electron chi connectivity index (χ3n) is 6.16. The summed E-state index contributed by atoms with van der Waals surface area (Å²) in [5.74, 6) is 0.655. The van der Waals surface area contributed by atoms with E-state index in [1.807, 2.05) is 52.0 Å². The molecule has 1 amide bonds. The first-order chi connectivity index (χ1) is 15.1. The molecule has 1 fully saturated rings. The molecule has 0 aromatic heterocycles. The summed E-state index contributed by atoms with van der Waals surface area (Å²) in [6.45, 7) is 8.93. The first kappa shape index (κ1) is 24.3. The Morgan fingerprint density at radius 2 is 1.66 bits per heavy atom. The highest BCUT2D eigenvalue weighted by atomic mass is 32.2. The topological polar surface area (TPSA) is 75.7 Å². The third kappa shape index (κ3) is 5.33. The van der Waals surface area contributed by atoms with E-state index in [1.165, 1.54) is 4.31 Å². The Balaban J connectivity index is 1.56. The molecular weight excluding hydrogens is 424 g/mol. The van der Waals surface area contributed by atoms with Crippen LogP contribution in [-0.4, -0.2) is 45.4 Å². The fourth-order valence-corrected chi connectivity index (χ4v) is 6.51. The number of aryl methyl sites for hydroxylation is 4. The van der Waals surface area contributed by atoms with Crippen molar-refractivity contribution in [3.8, 4) is 5.75 Å². The van der Waals surface area contributed by atoms with Crippen molar-refractivity contribution >= 4 is 15.9 Å². The van der Waals surface area contributed by atoms with Crippen LogP contribution in [0.4, 0.5) is 0 Å². The first-order valence-electron chi connectivity index (χ1n) is 11.1. The van der Waals surface area contributed by atoms with Crippen molar-refractivity contribution in [1.29, 1.82) is 0 Å². The second kappa shape index (κ2) is 10.0. The van der Waals surface area contributed by atoms with Crippen LogP contribution in [0.2, 0.25) is 0 Å². The molecule has 0 bridgehead atoms. The van der Waals surface area contributed by atoms with Gasteiger partial charge in [-0.15, -0.1) is 0 Å². The molecule has 2 aromatic rings. The Hall–Kier alpha value is -2.38. The lowest BCUT2D eigenvalue weighted by Crippen LogP contribution is -2.43. The molecule has 32 heavy (non-hydrogen) atoms. The average molecular weight is 459 g/mol. The maximum atomic E-state index is 13.2. The highest BCUT2D eigenvalue weighted by Crippen LogP contribution is 2.29. The Morgan fingerprint density at radius 3 is 2.25 bits per heavy atom. The maximum absolute atomic E-state index is 13.2. The highest BCUT2D eigenvalue weighted by Gasteiger charge is 2.33. The van der Waals surface area contributed by atoms with Crippen LogP contribution in [0, 0.1) is 33.6 Å². The molecule has 1 saturated heterocycles. The molecular formula is C25H34N2O4S. The minimum absolute atomic E-state index is 0.00337. The predicted molar refractivity (Wildman–Crippen MR) is 127 cm³/mol. The van der Waals surface area contributed by atoms with E-state index >= 15 is 0 Å². The van der Waals surface area contributed by atoms with Gasteiger partial charge in [-0.1, -0.05) is 35.4 Å². The van der Waals surface area contributed by atoms with Crippen LogP contribution in [0.1, 0.15) is 40.7 Å². The number of carbonyl (C=O) groups excluding carboxylic acids is 1. The van der Waals surface area contributed by atoms with Gasteiger partial charge in [-0.25, -0.2) is 8.42 Å². The molecule has 0 radical (unpaired) electrons. The fraction of sp³-hybridized carbons (Fsp3) is 0.480. The number of hydrogen-bond acceptors (Lipinski definition) is 4. The Morgan fingerprint density at radius 1 is 1.03 bits per heavy atom. The van der Waals surface area contributed by atoms with Gasteiger partial charge in [0, 0.05) is 25.6 Å². The van der Waals surface area contributed by atoms with E-state index in [-0.39, 0.29) is 11.8 Å². The van der Waals surface area contributed by atoms with Crippen molar-refractivity contribution in [3.05, 3.63) is 58.1 Å². The number of benzene rings is 2. The lowest BCUT2D eigenvalue weighted by atomic mass is 9.97. The zero-order chi connectivity index (χ0) is 23.5. The zero-order valence-electron chi connectivity index (χ0n) is 19.7. The van der Waals surface area contributed by atoms with Gasteiger partial charge in [0.2, 0.25) is 15.9 Å². The SMILES string of the molecule is COc1ccc(C)cc1CCNC(=O)C1CCN(S(=O)(=O)c2c(C)cc(C)cc2C)CC1. The van der Waals surface area contributed by atoms with Crippen molar-refractivity contribution in [2.45, 2.75) is 51.9 Å². The van der Waals surface area contributed by atoms with Crippen molar-refractivity contribution in [2.24, 2.45) is 5.92 Å². The van der Waals surface area contributed by atoms with Gasteiger partial charge in [-0.3, -0.25) is 4.79 Å². The van der Waals surface area contributed by atoms with Crippen molar-refractivity contribution in [2.75, 3.05) is 26.7 Å². The smallest absolute Gasteiger partial charge is 0.243 e. The summed E-state index contributed by atoms with van der Waals surface area (Å²) < 4.78 is 33.4. The molecule has 1 aliphatic heterocycles. The van der Waals surface area contributed by atoms with Gasteiger partial charge in [-0.05, 0) is 69.7 Å². The van der Waals surface area contributed by atoms with E-state index in [4.69, 9.17) is 4.74 Å². The zero-order valence-corrected chi connectivity index (χ0v) is 20.5. The molecule has 1 aliphatic rings. The second-order valence-electron chi connectivity index (χ2n) is 8.76. The van der Waals surface area contributed by atoms with E-state index in [1.54, 1.807) is 7.11 Å². The number of nitrogens with one attached hydrogen (secondary N) is 1. The molecule has 0 aliphatic carbocycles. The van der Waals surface area contributed by atoms with Crippen molar-refractivity contribution in [1.82, 2.24) is 9.62 Å².